The molecule has 0 spiro atoms. The third-order valence-electron chi connectivity index (χ3n) is 5.11. The Morgan fingerprint density at radius 1 is 0.821 bits per heavy atom. The summed E-state index contributed by atoms with van der Waals surface area (Å²) in [5, 5.41) is 6.51. The Hall–Kier alpha value is -2.91. The van der Waals surface area contributed by atoms with Crippen molar-refractivity contribution in [2.24, 2.45) is 0 Å². The van der Waals surface area contributed by atoms with E-state index >= 15 is 0 Å². The molecule has 0 heterocycles. The Kier molecular flexibility index (Phi) is 6.99. The lowest BCUT2D eigenvalue weighted by atomic mass is 9.97. The van der Waals surface area contributed by atoms with Gasteiger partial charge < -0.3 is 5.32 Å². The number of hydrogen-bond acceptors (Lipinski definition) is 2. The van der Waals surface area contributed by atoms with E-state index < -0.39 is 0 Å². The molecule has 0 aliphatic rings. The van der Waals surface area contributed by atoms with Gasteiger partial charge in [0, 0.05) is 5.69 Å². The van der Waals surface area contributed by atoms with Gasteiger partial charge in [-0.2, -0.15) is 0 Å². The molecule has 3 aromatic carbocycles. The Morgan fingerprint density at radius 3 is 1.93 bits per heavy atom. The first-order valence-corrected chi connectivity index (χ1v) is 9.91. The smallest absolute Gasteiger partial charge is 0.238 e. The number of para-hydroxylation sites is 1. The second-order valence-electron chi connectivity index (χ2n) is 7.08. The molecule has 3 aromatic rings. The Morgan fingerprint density at radius 2 is 1.36 bits per heavy atom. The lowest BCUT2D eigenvalue weighted by Gasteiger charge is -2.20. The number of amides is 1. The number of carbonyl (C=O) groups is 1. The van der Waals surface area contributed by atoms with E-state index in [4.69, 9.17) is 0 Å². The number of benzene rings is 3. The van der Waals surface area contributed by atoms with Gasteiger partial charge in [-0.3, -0.25) is 10.1 Å². The van der Waals surface area contributed by atoms with Crippen LogP contribution in [0.2, 0.25) is 0 Å². The van der Waals surface area contributed by atoms with E-state index in [2.05, 4.69) is 54.8 Å². The zero-order valence-corrected chi connectivity index (χ0v) is 16.6. The molecule has 0 saturated heterocycles. The molecular formula is C25H28N2O. The van der Waals surface area contributed by atoms with E-state index in [-0.39, 0.29) is 18.5 Å². The maximum absolute atomic E-state index is 12.7. The molecule has 0 radical (unpaired) electrons. The van der Waals surface area contributed by atoms with Crippen LogP contribution in [0.5, 0.6) is 0 Å². The molecule has 1 unspecified atom stereocenters. The number of rotatable bonds is 8. The summed E-state index contributed by atoms with van der Waals surface area (Å²) in [7, 11) is 0. The van der Waals surface area contributed by atoms with Crippen molar-refractivity contribution in [3.05, 3.63) is 102 Å². The van der Waals surface area contributed by atoms with Gasteiger partial charge in [0.25, 0.3) is 0 Å². The summed E-state index contributed by atoms with van der Waals surface area (Å²) >= 11 is 0. The van der Waals surface area contributed by atoms with Crippen LogP contribution in [-0.4, -0.2) is 12.5 Å². The van der Waals surface area contributed by atoms with Crippen molar-refractivity contribution in [3.63, 3.8) is 0 Å². The van der Waals surface area contributed by atoms with Gasteiger partial charge in [-0.05, 0) is 35.1 Å². The van der Waals surface area contributed by atoms with Crippen molar-refractivity contribution in [2.75, 3.05) is 11.9 Å². The lowest BCUT2D eigenvalue weighted by Crippen LogP contribution is -2.32. The van der Waals surface area contributed by atoms with E-state index in [0.29, 0.717) is 5.92 Å². The van der Waals surface area contributed by atoms with E-state index in [9.17, 15) is 4.79 Å². The zero-order valence-electron chi connectivity index (χ0n) is 16.6. The highest BCUT2D eigenvalue weighted by Gasteiger charge is 2.16. The number of carbonyl (C=O) groups excluding carboxylic acids is 1. The predicted octanol–water partition coefficient (Wildman–Crippen LogP) is 5.52. The minimum absolute atomic E-state index is 0.0297. The first kappa shape index (κ1) is 19.8. The van der Waals surface area contributed by atoms with Crippen molar-refractivity contribution in [2.45, 2.75) is 32.2 Å². The molecule has 2 N–H and O–H groups in total. The van der Waals surface area contributed by atoms with Gasteiger partial charge in [0.05, 0.1) is 12.6 Å². The molecule has 3 nitrogen and oxygen atoms in total. The van der Waals surface area contributed by atoms with Crippen LogP contribution in [0.15, 0.2) is 84.9 Å². The summed E-state index contributed by atoms with van der Waals surface area (Å²) in [5.74, 6) is 0.374. The highest BCUT2D eigenvalue weighted by molar-refractivity contribution is 5.93. The van der Waals surface area contributed by atoms with Crippen LogP contribution in [0, 0.1) is 0 Å². The van der Waals surface area contributed by atoms with E-state index in [1.807, 2.05) is 54.6 Å². The molecule has 0 bridgehead atoms. The second-order valence-corrected chi connectivity index (χ2v) is 7.08. The van der Waals surface area contributed by atoms with Crippen LogP contribution >= 0.6 is 0 Å². The zero-order chi connectivity index (χ0) is 19.8. The maximum Gasteiger partial charge on any atom is 0.238 e. The summed E-state index contributed by atoms with van der Waals surface area (Å²) in [6, 6.07) is 28.5. The first-order valence-electron chi connectivity index (χ1n) is 9.91. The lowest BCUT2D eigenvalue weighted by molar-refractivity contribution is -0.115. The molecule has 0 aromatic heterocycles. The molecule has 3 rings (SSSR count). The van der Waals surface area contributed by atoms with Gasteiger partial charge in [-0.25, -0.2) is 0 Å². The van der Waals surface area contributed by atoms with Crippen molar-refractivity contribution < 1.29 is 4.79 Å². The summed E-state index contributed by atoms with van der Waals surface area (Å²) < 4.78 is 0. The van der Waals surface area contributed by atoms with Crippen LogP contribution in [-0.2, 0) is 4.79 Å². The van der Waals surface area contributed by atoms with Crippen molar-refractivity contribution in [3.8, 4) is 0 Å². The maximum atomic E-state index is 12.7. The summed E-state index contributed by atoms with van der Waals surface area (Å²) in [5.41, 5.74) is 4.36. The largest absolute Gasteiger partial charge is 0.325 e. The van der Waals surface area contributed by atoms with E-state index in [1.165, 1.54) is 5.56 Å². The van der Waals surface area contributed by atoms with E-state index in [0.717, 1.165) is 23.2 Å². The quantitative estimate of drug-likeness (QED) is 0.547. The number of hydrogen-bond donors (Lipinski definition) is 2. The van der Waals surface area contributed by atoms with Gasteiger partial charge in [-0.15, -0.1) is 0 Å². The van der Waals surface area contributed by atoms with Gasteiger partial charge in [0.15, 0.2) is 0 Å². The molecule has 144 valence electrons. The molecule has 0 saturated carbocycles. The minimum Gasteiger partial charge on any atom is -0.325 e. The van der Waals surface area contributed by atoms with Crippen LogP contribution < -0.4 is 10.6 Å². The van der Waals surface area contributed by atoms with Gasteiger partial charge in [0.1, 0.15) is 0 Å². The van der Waals surface area contributed by atoms with Crippen molar-refractivity contribution in [1.29, 1.82) is 0 Å². The summed E-state index contributed by atoms with van der Waals surface area (Å²) in [6.07, 6.45) is 1.04. The molecule has 1 amide bonds. The fourth-order valence-corrected chi connectivity index (χ4v) is 3.37. The van der Waals surface area contributed by atoms with Gasteiger partial charge >= 0.3 is 0 Å². The number of anilines is 1. The Labute approximate surface area is 167 Å². The van der Waals surface area contributed by atoms with Crippen LogP contribution in [0.4, 0.5) is 5.69 Å². The summed E-state index contributed by atoms with van der Waals surface area (Å²) in [6.45, 7) is 4.59. The normalized spacial score (nSPS) is 12.0. The van der Waals surface area contributed by atoms with Gasteiger partial charge in [0.2, 0.25) is 5.91 Å². The Balaban J connectivity index is 1.71. The third kappa shape index (κ3) is 5.08. The van der Waals surface area contributed by atoms with Crippen molar-refractivity contribution >= 4 is 11.6 Å². The van der Waals surface area contributed by atoms with Crippen LogP contribution in [0.3, 0.4) is 0 Å². The second kappa shape index (κ2) is 9.86. The summed E-state index contributed by atoms with van der Waals surface area (Å²) in [4.78, 5) is 12.7. The fourth-order valence-electron chi connectivity index (χ4n) is 3.37. The first-order chi connectivity index (χ1) is 13.7. The standard InChI is InChI=1S/C25H28N2O/c1-3-19(2)22-16-10-11-17-23(22)27-24(28)18-26-25(20-12-6-4-7-13-20)21-14-8-5-9-15-21/h4-17,19,25-26H,3,18H2,1-2H3,(H,27,28). The SMILES string of the molecule is CCC(C)c1ccccc1NC(=O)CNC(c1ccccc1)c1ccccc1. The highest BCUT2D eigenvalue weighted by atomic mass is 16.1. The predicted molar refractivity (Wildman–Crippen MR) is 117 cm³/mol. The average molecular weight is 373 g/mol. The third-order valence-corrected chi connectivity index (χ3v) is 5.11. The monoisotopic (exact) mass is 372 g/mol. The molecule has 0 aliphatic heterocycles. The average Bonchev–Trinajstić information content (AvgIpc) is 2.75. The molecule has 28 heavy (non-hydrogen) atoms. The molecule has 0 fully saturated rings. The molecule has 3 heteroatoms. The minimum atomic E-state index is -0.0346. The molecular weight excluding hydrogens is 344 g/mol. The molecule has 1 atom stereocenters. The van der Waals surface area contributed by atoms with E-state index in [1.54, 1.807) is 0 Å². The Bertz CT molecular complexity index is 838. The van der Waals surface area contributed by atoms with Crippen LogP contribution in [0.1, 0.15) is 48.9 Å². The van der Waals surface area contributed by atoms with Crippen LogP contribution in [0.25, 0.3) is 0 Å². The van der Waals surface area contributed by atoms with Gasteiger partial charge in [-0.1, -0.05) is 92.7 Å². The number of nitrogens with one attached hydrogen (secondary N) is 2. The fraction of sp³-hybridized carbons (Fsp3) is 0.240. The highest BCUT2D eigenvalue weighted by Crippen LogP contribution is 2.26. The molecule has 0 aliphatic carbocycles. The van der Waals surface area contributed by atoms with Crippen molar-refractivity contribution in [1.82, 2.24) is 5.32 Å². The topological polar surface area (TPSA) is 41.1 Å².